The predicted octanol–water partition coefficient (Wildman–Crippen LogP) is 4.00. The van der Waals surface area contributed by atoms with E-state index >= 15 is 0 Å². The minimum atomic E-state index is -2.94. The molecule has 1 aromatic carbocycles. The summed E-state index contributed by atoms with van der Waals surface area (Å²) in [4.78, 5) is 14.6. The van der Waals surface area contributed by atoms with Gasteiger partial charge in [-0.3, -0.25) is 10.1 Å². The van der Waals surface area contributed by atoms with Crippen LogP contribution in [0.2, 0.25) is 0 Å². The lowest BCUT2D eigenvalue weighted by Gasteiger charge is -2.32. The van der Waals surface area contributed by atoms with E-state index in [0.717, 1.165) is 6.20 Å². The number of nitro groups is 1. The van der Waals surface area contributed by atoms with Gasteiger partial charge >= 0.3 is 5.69 Å². The number of halogens is 2. The van der Waals surface area contributed by atoms with Crippen molar-refractivity contribution in [3.8, 4) is 6.07 Å². The number of hydrogen-bond donors (Lipinski definition) is 1. The van der Waals surface area contributed by atoms with E-state index in [4.69, 9.17) is 5.26 Å². The number of nitriles is 1. The standard InChI is InChI=1S/C16H14F2N4O2/c17-16(18)6-2-1-3-14(16)21-15-11-7-10(8-19)4-5-12(11)20-9-13(15)22(23)24/h4-5,7,9,14H,1-3,6H2,(H,20,21). The van der Waals surface area contributed by atoms with Crippen molar-refractivity contribution in [2.45, 2.75) is 37.6 Å². The number of fused-ring (bicyclic) bond motifs is 1. The molecular weight excluding hydrogens is 318 g/mol. The van der Waals surface area contributed by atoms with Crippen LogP contribution in [0.25, 0.3) is 10.9 Å². The number of benzene rings is 1. The molecule has 0 aliphatic heterocycles. The smallest absolute Gasteiger partial charge is 0.311 e. The van der Waals surface area contributed by atoms with E-state index < -0.39 is 16.9 Å². The minimum absolute atomic E-state index is 0.00586. The van der Waals surface area contributed by atoms with Crippen LogP contribution >= 0.6 is 0 Å². The van der Waals surface area contributed by atoms with E-state index in [-0.39, 0.29) is 29.8 Å². The molecule has 0 amide bonds. The average molecular weight is 332 g/mol. The Balaban J connectivity index is 2.14. The summed E-state index contributed by atoms with van der Waals surface area (Å²) in [6.45, 7) is 0. The molecule has 0 radical (unpaired) electrons. The van der Waals surface area contributed by atoms with Gasteiger partial charge in [0.1, 0.15) is 11.9 Å². The summed E-state index contributed by atoms with van der Waals surface area (Å²) in [5.41, 5.74) is 0.303. The zero-order chi connectivity index (χ0) is 17.3. The van der Waals surface area contributed by atoms with Crippen LogP contribution in [0.3, 0.4) is 0 Å². The largest absolute Gasteiger partial charge is 0.370 e. The molecule has 2 aromatic rings. The van der Waals surface area contributed by atoms with E-state index in [1.807, 2.05) is 6.07 Å². The van der Waals surface area contributed by atoms with Gasteiger partial charge in [0.2, 0.25) is 0 Å². The quantitative estimate of drug-likeness (QED) is 0.677. The van der Waals surface area contributed by atoms with Crippen LogP contribution in [0, 0.1) is 21.4 Å². The Morgan fingerprint density at radius 3 is 2.88 bits per heavy atom. The minimum Gasteiger partial charge on any atom is -0.370 e. The first-order valence-electron chi connectivity index (χ1n) is 7.54. The molecule has 1 fully saturated rings. The number of aromatic nitrogens is 1. The molecule has 1 atom stereocenters. The fourth-order valence-corrected chi connectivity index (χ4v) is 2.99. The van der Waals surface area contributed by atoms with Crippen LogP contribution < -0.4 is 5.32 Å². The Morgan fingerprint density at radius 1 is 1.42 bits per heavy atom. The number of pyridine rings is 1. The average Bonchev–Trinajstić information content (AvgIpc) is 2.56. The summed E-state index contributed by atoms with van der Waals surface area (Å²) in [6, 6.07) is 5.26. The van der Waals surface area contributed by atoms with Crippen molar-refractivity contribution in [2.75, 3.05) is 5.32 Å². The Bertz CT molecular complexity index is 848. The SMILES string of the molecule is N#Cc1ccc2ncc([N+](=O)[O-])c(NC3CCCCC3(F)F)c2c1. The van der Waals surface area contributed by atoms with Crippen molar-refractivity contribution in [2.24, 2.45) is 0 Å². The Labute approximate surface area is 136 Å². The molecule has 124 valence electrons. The molecule has 1 aliphatic carbocycles. The summed E-state index contributed by atoms with van der Waals surface area (Å²) < 4.78 is 28.3. The van der Waals surface area contributed by atoms with Gasteiger partial charge in [0.25, 0.3) is 5.92 Å². The number of hydrogen-bond acceptors (Lipinski definition) is 5. The van der Waals surface area contributed by atoms with Crippen molar-refractivity contribution in [1.82, 2.24) is 4.98 Å². The molecule has 8 heteroatoms. The highest BCUT2D eigenvalue weighted by Gasteiger charge is 2.42. The first-order chi connectivity index (χ1) is 11.4. The number of nitrogens with one attached hydrogen (secondary N) is 1. The number of nitrogens with zero attached hydrogens (tertiary/aromatic N) is 3. The Hall–Kier alpha value is -2.82. The summed E-state index contributed by atoms with van der Waals surface area (Å²) in [6.07, 6.45) is 2.10. The zero-order valence-electron chi connectivity index (χ0n) is 12.6. The van der Waals surface area contributed by atoms with Crippen LogP contribution in [0.1, 0.15) is 31.2 Å². The summed E-state index contributed by atoms with van der Waals surface area (Å²) in [5.74, 6) is -2.94. The fraction of sp³-hybridized carbons (Fsp3) is 0.375. The molecular formula is C16H14F2N4O2. The maximum absolute atomic E-state index is 14.1. The van der Waals surface area contributed by atoms with Crippen molar-refractivity contribution in [1.29, 1.82) is 5.26 Å². The molecule has 24 heavy (non-hydrogen) atoms. The number of alkyl halides is 2. The molecule has 1 aliphatic rings. The predicted molar refractivity (Wildman–Crippen MR) is 83.9 cm³/mol. The second kappa shape index (κ2) is 6.00. The maximum Gasteiger partial charge on any atom is 0.311 e. The third-order valence-corrected chi connectivity index (χ3v) is 4.26. The molecule has 0 saturated heterocycles. The van der Waals surface area contributed by atoms with E-state index in [1.165, 1.54) is 12.1 Å². The highest BCUT2D eigenvalue weighted by Crippen LogP contribution is 2.39. The van der Waals surface area contributed by atoms with Crippen LogP contribution in [-0.2, 0) is 0 Å². The first-order valence-corrected chi connectivity index (χ1v) is 7.54. The molecule has 3 rings (SSSR count). The van der Waals surface area contributed by atoms with Crippen molar-refractivity contribution in [3.05, 3.63) is 40.1 Å². The molecule has 0 bridgehead atoms. The molecule has 0 spiro atoms. The van der Waals surface area contributed by atoms with E-state index in [0.29, 0.717) is 23.7 Å². The topological polar surface area (TPSA) is 91.8 Å². The van der Waals surface area contributed by atoms with Gasteiger partial charge in [-0.1, -0.05) is 6.42 Å². The van der Waals surface area contributed by atoms with Crippen molar-refractivity contribution >= 4 is 22.3 Å². The molecule has 1 saturated carbocycles. The third kappa shape index (κ3) is 2.85. The van der Waals surface area contributed by atoms with E-state index in [2.05, 4.69) is 10.3 Å². The lowest BCUT2D eigenvalue weighted by Crippen LogP contribution is -2.42. The van der Waals surface area contributed by atoms with Gasteiger partial charge in [0.05, 0.1) is 28.1 Å². The highest BCUT2D eigenvalue weighted by atomic mass is 19.3. The van der Waals surface area contributed by atoms with Gasteiger partial charge in [0, 0.05) is 11.8 Å². The highest BCUT2D eigenvalue weighted by molar-refractivity contribution is 5.96. The molecule has 1 heterocycles. The zero-order valence-corrected chi connectivity index (χ0v) is 12.6. The first kappa shape index (κ1) is 16.1. The van der Waals surface area contributed by atoms with Crippen molar-refractivity contribution in [3.63, 3.8) is 0 Å². The van der Waals surface area contributed by atoms with Gasteiger partial charge in [-0.2, -0.15) is 5.26 Å². The third-order valence-electron chi connectivity index (χ3n) is 4.26. The lowest BCUT2D eigenvalue weighted by molar-refractivity contribution is -0.384. The second-order valence-electron chi connectivity index (χ2n) is 5.82. The Kier molecular flexibility index (Phi) is 4.01. The van der Waals surface area contributed by atoms with Crippen LogP contribution in [0.4, 0.5) is 20.2 Å². The normalized spacial score (nSPS) is 19.6. The van der Waals surface area contributed by atoms with Gasteiger partial charge in [-0.25, -0.2) is 13.8 Å². The number of anilines is 1. The summed E-state index contributed by atoms with van der Waals surface area (Å²) in [5, 5.41) is 23.3. The molecule has 1 N–H and O–H groups in total. The monoisotopic (exact) mass is 332 g/mol. The van der Waals surface area contributed by atoms with E-state index in [1.54, 1.807) is 6.07 Å². The summed E-state index contributed by atoms with van der Waals surface area (Å²) in [7, 11) is 0. The molecule has 1 aromatic heterocycles. The Morgan fingerprint density at radius 2 is 2.21 bits per heavy atom. The van der Waals surface area contributed by atoms with Gasteiger partial charge < -0.3 is 5.32 Å². The fourth-order valence-electron chi connectivity index (χ4n) is 2.99. The molecule has 6 nitrogen and oxygen atoms in total. The van der Waals surface area contributed by atoms with Gasteiger partial charge in [0.15, 0.2) is 0 Å². The van der Waals surface area contributed by atoms with Gasteiger partial charge in [-0.15, -0.1) is 0 Å². The van der Waals surface area contributed by atoms with Crippen LogP contribution in [-0.4, -0.2) is 21.9 Å². The number of rotatable bonds is 3. The second-order valence-corrected chi connectivity index (χ2v) is 5.82. The van der Waals surface area contributed by atoms with Crippen LogP contribution in [0.15, 0.2) is 24.4 Å². The van der Waals surface area contributed by atoms with Crippen LogP contribution in [0.5, 0.6) is 0 Å². The lowest BCUT2D eigenvalue weighted by atomic mass is 9.91. The summed E-state index contributed by atoms with van der Waals surface area (Å²) >= 11 is 0. The maximum atomic E-state index is 14.1. The molecule has 1 unspecified atom stereocenters. The van der Waals surface area contributed by atoms with Crippen molar-refractivity contribution < 1.29 is 13.7 Å². The van der Waals surface area contributed by atoms with E-state index in [9.17, 15) is 18.9 Å². The van der Waals surface area contributed by atoms with Gasteiger partial charge in [-0.05, 0) is 31.0 Å².